The Morgan fingerprint density at radius 2 is 2.45 bits per heavy atom. The van der Waals surface area contributed by atoms with E-state index >= 15 is 0 Å². The Balaban J connectivity index is 2.35. The van der Waals surface area contributed by atoms with Crippen molar-refractivity contribution in [3.63, 3.8) is 0 Å². The highest BCUT2D eigenvalue weighted by atomic mass is 16.5. The summed E-state index contributed by atoms with van der Waals surface area (Å²) in [6.07, 6.45) is -0.0257. The molecular formula is C14H16N2O4. The van der Waals surface area contributed by atoms with Gasteiger partial charge in [-0.1, -0.05) is 0 Å². The van der Waals surface area contributed by atoms with Gasteiger partial charge in [0.1, 0.15) is 11.8 Å². The molecule has 6 nitrogen and oxygen atoms in total. The van der Waals surface area contributed by atoms with Crippen molar-refractivity contribution in [3.05, 3.63) is 23.8 Å². The number of methoxy groups -OCH3 is 1. The van der Waals surface area contributed by atoms with Crippen molar-refractivity contribution in [1.82, 2.24) is 0 Å². The van der Waals surface area contributed by atoms with Crippen LogP contribution in [0, 0.1) is 11.3 Å². The number of morpholine rings is 1. The largest absolute Gasteiger partial charge is 0.497 e. The lowest BCUT2D eigenvalue weighted by Crippen LogP contribution is -2.47. The maximum absolute atomic E-state index is 11.0. The third-order valence-corrected chi connectivity index (χ3v) is 3.27. The summed E-state index contributed by atoms with van der Waals surface area (Å²) < 4.78 is 10.5. The zero-order chi connectivity index (χ0) is 14.5. The fraction of sp³-hybridized carbons (Fsp3) is 0.429. The summed E-state index contributed by atoms with van der Waals surface area (Å²) in [7, 11) is 1.55. The van der Waals surface area contributed by atoms with Crippen LogP contribution in [0.1, 0.15) is 12.0 Å². The SMILES string of the molecule is COc1ccc(C#N)c(N2CCOCC2CC(=O)O)c1. The first-order valence-electron chi connectivity index (χ1n) is 6.30. The number of nitrogens with zero attached hydrogens (tertiary/aromatic N) is 2. The van der Waals surface area contributed by atoms with E-state index in [0.29, 0.717) is 36.8 Å². The zero-order valence-electron chi connectivity index (χ0n) is 11.2. The van der Waals surface area contributed by atoms with Gasteiger partial charge < -0.3 is 19.5 Å². The molecule has 0 spiro atoms. The van der Waals surface area contributed by atoms with Crippen LogP contribution in [0.25, 0.3) is 0 Å². The predicted octanol–water partition coefficient (Wildman–Crippen LogP) is 1.25. The van der Waals surface area contributed by atoms with Gasteiger partial charge in [0.25, 0.3) is 0 Å². The Hall–Kier alpha value is -2.26. The first-order chi connectivity index (χ1) is 9.65. The molecule has 1 saturated heterocycles. The fourth-order valence-corrected chi connectivity index (χ4v) is 2.31. The van der Waals surface area contributed by atoms with Crippen LogP contribution in [-0.4, -0.2) is 44.0 Å². The first-order valence-corrected chi connectivity index (χ1v) is 6.30. The Kier molecular flexibility index (Phi) is 4.43. The van der Waals surface area contributed by atoms with Crippen LogP contribution in [0.3, 0.4) is 0 Å². The molecule has 1 unspecified atom stereocenters. The van der Waals surface area contributed by atoms with Crippen molar-refractivity contribution >= 4 is 11.7 Å². The van der Waals surface area contributed by atoms with E-state index in [9.17, 15) is 10.1 Å². The van der Waals surface area contributed by atoms with Gasteiger partial charge in [-0.2, -0.15) is 5.26 Å². The van der Waals surface area contributed by atoms with Crippen LogP contribution in [0.15, 0.2) is 18.2 Å². The highest BCUT2D eigenvalue weighted by Gasteiger charge is 2.27. The van der Waals surface area contributed by atoms with E-state index in [1.54, 1.807) is 25.3 Å². The van der Waals surface area contributed by atoms with Crippen molar-refractivity contribution in [2.75, 3.05) is 31.8 Å². The van der Waals surface area contributed by atoms with E-state index in [2.05, 4.69) is 6.07 Å². The number of ether oxygens (including phenoxy) is 2. The molecule has 0 aliphatic carbocycles. The number of nitriles is 1. The van der Waals surface area contributed by atoms with Crippen molar-refractivity contribution in [3.8, 4) is 11.8 Å². The minimum atomic E-state index is -0.882. The molecule has 1 aromatic carbocycles. The zero-order valence-corrected chi connectivity index (χ0v) is 11.2. The molecule has 1 aliphatic rings. The van der Waals surface area contributed by atoms with Crippen molar-refractivity contribution in [2.24, 2.45) is 0 Å². The summed E-state index contributed by atoms with van der Waals surface area (Å²) in [5, 5.41) is 18.2. The molecule has 0 amide bonds. The highest BCUT2D eigenvalue weighted by Crippen LogP contribution is 2.29. The second-order valence-electron chi connectivity index (χ2n) is 4.51. The lowest BCUT2D eigenvalue weighted by Gasteiger charge is -2.37. The van der Waals surface area contributed by atoms with Crippen molar-refractivity contribution in [2.45, 2.75) is 12.5 Å². The van der Waals surface area contributed by atoms with Gasteiger partial charge in [0, 0.05) is 12.6 Å². The molecule has 6 heteroatoms. The molecule has 1 aromatic rings. The quantitative estimate of drug-likeness (QED) is 0.891. The number of carbonyl (C=O) groups is 1. The maximum atomic E-state index is 11.0. The van der Waals surface area contributed by atoms with E-state index in [4.69, 9.17) is 14.6 Å². The summed E-state index contributed by atoms with van der Waals surface area (Å²) in [5.41, 5.74) is 1.20. The van der Waals surface area contributed by atoms with Gasteiger partial charge in [-0.05, 0) is 12.1 Å². The van der Waals surface area contributed by atoms with Crippen LogP contribution in [0.5, 0.6) is 5.75 Å². The number of carboxylic acid groups (broad SMARTS) is 1. The minimum absolute atomic E-state index is 0.0257. The number of benzene rings is 1. The normalized spacial score (nSPS) is 18.4. The van der Waals surface area contributed by atoms with Gasteiger partial charge in [0.05, 0.1) is 44.0 Å². The summed E-state index contributed by atoms with van der Waals surface area (Å²) in [5.74, 6) is -0.244. The lowest BCUT2D eigenvalue weighted by molar-refractivity contribution is -0.138. The molecule has 0 aromatic heterocycles. The third kappa shape index (κ3) is 3.00. The molecule has 0 saturated carbocycles. The maximum Gasteiger partial charge on any atom is 0.305 e. The molecule has 106 valence electrons. The Morgan fingerprint density at radius 3 is 3.10 bits per heavy atom. The summed E-state index contributed by atoms with van der Waals surface area (Å²) >= 11 is 0. The minimum Gasteiger partial charge on any atom is -0.497 e. The summed E-state index contributed by atoms with van der Waals surface area (Å²) in [6, 6.07) is 7.02. The fourth-order valence-electron chi connectivity index (χ4n) is 2.31. The van der Waals surface area contributed by atoms with Crippen LogP contribution in [-0.2, 0) is 9.53 Å². The van der Waals surface area contributed by atoms with Gasteiger partial charge in [-0.3, -0.25) is 4.79 Å². The number of rotatable bonds is 4. The van der Waals surface area contributed by atoms with Crippen LogP contribution in [0.2, 0.25) is 0 Å². The molecule has 20 heavy (non-hydrogen) atoms. The van der Waals surface area contributed by atoms with Crippen LogP contribution in [0.4, 0.5) is 5.69 Å². The molecule has 1 aliphatic heterocycles. The van der Waals surface area contributed by atoms with Crippen molar-refractivity contribution < 1.29 is 19.4 Å². The molecule has 1 N–H and O–H groups in total. The topological polar surface area (TPSA) is 82.8 Å². The van der Waals surface area contributed by atoms with Crippen molar-refractivity contribution in [1.29, 1.82) is 5.26 Å². The Morgan fingerprint density at radius 1 is 1.65 bits per heavy atom. The Labute approximate surface area is 117 Å². The van der Waals surface area contributed by atoms with E-state index in [1.807, 2.05) is 4.90 Å². The molecule has 2 rings (SSSR count). The number of aliphatic carboxylic acids is 1. The predicted molar refractivity (Wildman–Crippen MR) is 71.9 cm³/mol. The standard InChI is InChI=1S/C14H16N2O4/c1-19-12-3-2-10(8-15)13(7-12)16-4-5-20-9-11(16)6-14(17)18/h2-3,7,11H,4-6,9H2,1H3,(H,17,18). The number of carboxylic acids is 1. The number of anilines is 1. The van der Waals surface area contributed by atoms with E-state index in [1.165, 1.54) is 0 Å². The first kappa shape index (κ1) is 14.2. The number of hydrogen-bond donors (Lipinski definition) is 1. The average molecular weight is 276 g/mol. The summed E-state index contributed by atoms with van der Waals surface area (Å²) in [6.45, 7) is 1.41. The molecule has 0 bridgehead atoms. The number of hydrogen-bond acceptors (Lipinski definition) is 5. The second-order valence-corrected chi connectivity index (χ2v) is 4.51. The average Bonchev–Trinajstić information content (AvgIpc) is 2.46. The van der Waals surface area contributed by atoms with Gasteiger partial charge in [0.15, 0.2) is 0 Å². The molecule has 1 fully saturated rings. The smallest absolute Gasteiger partial charge is 0.305 e. The highest BCUT2D eigenvalue weighted by molar-refractivity contribution is 5.70. The monoisotopic (exact) mass is 276 g/mol. The molecule has 1 atom stereocenters. The van der Waals surface area contributed by atoms with E-state index in [0.717, 1.165) is 0 Å². The van der Waals surface area contributed by atoms with Gasteiger partial charge in [-0.15, -0.1) is 0 Å². The van der Waals surface area contributed by atoms with Crippen LogP contribution < -0.4 is 9.64 Å². The lowest BCUT2D eigenvalue weighted by atomic mass is 10.1. The molecule has 1 heterocycles. The Bertz CT molecular complexity index is 538. The molecule has 0 radical (unpaired) electrons. The van der Waals surface area contributed by atoms with E-state index in [-0.39, 0.29) is 12.5 Å². The van der Waals surface area contributed by atoms with E-state index < -0.39 is 5.97 Å². The van der Waals surface area contributed by atoms with Crippen LogP contribution >= 0.6 is 0 Å². The van der Waals surface area contributed by atoms with Gasteiger partial charge in [-0.25, -0.2) is 0 Å². The third-order valence-electron chi connectivity index (χ3n) is 3.27. The second kappa shape index (κ2) is 6.26. The van der Waals surface area contributed by atoms with Gasteiger partial charge in [0.2, 0.25) is 0 Å². The summed E-state index contributed by atoms with van der Waals surface area (Å²) in [4.78, 5) is 12.9. The van der Waals surface area contributed by atoms with Gasteiger partial charge >= 0.3 is 5.97 Å². The molecular weight excluding hydrogens is 260 g/mol.